The van der Waals surface area contributed by atoms with Crippen LogP contribution in [0.4, 0.5) is 0 Å². The molecule has 0 aromatic rings. The van der Waals surface area contributed by atoms with Gasteiger partial charge in [-0.1, -0.05) is 134 Å². The lowest BCUT2D eigenvalue weighted by Gasteiger charge is -2.20. The summed E-state index contributed by atoms with van der Waals surface area (Å²) in [5.41, 5.74) is 5.36. The maximum Gasteiger partial charge on any atom is 0.472 e. The van der Waals surface area contributed by atoms with Crippen molar-refractivity contribution < 1.29 is 32.8 Å². The number of carbonyl (C=O) groups is 1. The van der Waals surface area contributed by atoms with Crippen LogP contribution in [0.1, 0.15) is 174 Å². The largest absolute Gasteiger partial charge is 0.472 e. The molecule has 3 N–H and O–H groups in total. The summed E-state index contributed by atoms with van der Waals surface area (Å²) >= 11 is 0. The van der Waals surface area contributed by atoms with E-state index in [0.717, 1.165) is 57.8 Å². The van der Waals surface area contributed by atoms with Crippen LogP contribution in [0.3, 0.4) is 0 Å². The van der Waals surface area contributed by atoms with Gasteiger partial charge in [0.2, 0.25) is 0 Å². The number of rotatable bonds is 38. The summed E-state index contributed by atoms with van der Waals surface area (Å²) in [7, 11) is -4.28. The van der Waals surface area contributed by atoms with E-state index in [1.54, 1.807) is 0 Å². The van der Waals surface area contributed by atoms with Gasteiger partial charge in [0.15, 0.2) is 0 Å². The Balaban J connectivity index is 4.11. The van der Waals surface area contributed by atoms with Crippen LogP contribution in [0.15, 0.2) is 36.5 Å². The van der Waals surface area contributed by atoms with Crippen molar-refractivity contribution in [3.63, 3.8) is 0 Å². The Hall–Kier alpha value is -1.28. The van der Waals surface area contributed by atoms with Crippen LogP contribution in [0.5, 0.6) is 0 Å². The molecule has 0 amide bonds. The molecule has 0 saturated carbocycles. The Morgan fingerprint density at radius 3 is 1.65 bits per heavy atom. The molecule has 2 unspecified atom stereocenters. The van der Waals surface area contributed by atoms with E-state index in [4.69, 9.17) is 24.3 Å². The maximum absolute atomic E-state index is 12.5. The van der Waals surface area contributed by atoms with Crippen molar-refractivity contribution in [1.29, 1.82) is 0 Å². The van der Waals surface area contributed by atoms with Crippen LogP contribution in [0.2, 0.25) is 0 Å². The Bertz CT molecular complexity index is 848. The minimum atomic E-state index is -4.28. The fourth-order valence-corrected chi connectivity index (χ4v) is 6.08. The molecule has 0 aliphatic rings. The molecule has 0 spiro atoms. The van der Waals surface area contributed by atoms with Crippen LogP contribution in [0, 0.1) is 0 Å². The number of phosphoric acid groups is 1. The molecule has 0 aliphatic heterocycles. The number of esters is 1. The first-order chi connectivity index (χ1) is 23.9. The van der Waals surface area contributed by atoms with E-state index in [-0.39, 0.29) is 32.3 Å². The van der Waals surface area contributed by atoms with Crippen molar-refractivity contribution in [1.82, 2.24) is 0 Å². The molecule has 0 bridgehead atoms. The lowest BCUT2D eigenvalue weighted by atomic mass is 10.1. The van der Waals surface area contributed by atoms with Gasteiger partial charge in [-0.25, -0.2) is 4.57 Å². The van der Waals surface area contributed by atoms with E-state index in [1.165, 1.54) is 96.3 Å². The zero-order chi connectivity index (χ0) is 35.9. The third-order valence-electron chi connectivity index (χ3n) is 8.28. The highest BCUT2D eigenvalue weighted by atomic mass is 31.2. The highest BCUT2D eigenvalue weighted by Crippen LogP contribution is 2.43. The first-order valence-electron chi connectivity index (χ1n) is 20.0. The molecule has 0 aliphatic carbocycles. The molecule has 8 nitrogen and oxygen atoms in total. The summed E-state index contributed by atoms with van der Waals surface area (Å²) in [4.78, 5) is 22.4. The SMILES string of the molecule is CCCCC/C=C\C/C=C\CCCCCCCC(=O)OC(COCCCCCCCC/C=C\CCCCCCC)COP(=O)(O)OCCN. The predicted octanol–water partition coefficient (Wildman–Crippen LogP) is 11.5. The summed E-state index contributed by atoms with van der Waals surface area (Å²) in [6.45, 7) is 4.85. The minimum Gasteiger partial charge on any atom is -0.457 e. The Labute approximate surface area is 301 Å². The van der Waals surface area contributed by atoms with Gasteiger partial charge in [0.1, 0.15) is 6.10 Å². The summed E-state index contributed by atoms with van der Waals surface area (Å²) in [6.07, 6.45) is 41.5. The first kappa shape index (κ1) is 47.7. The number of hydrogen-bond acceptors (Lipinski definition) is 7. The van der Waals surface area contributed by atoms with Gasteiger partial charge >= 0.3 is 13.8 Å². The van der Waals surface area contributed by atoms with E-state index >= 15 is 0 Å². The van der Waals surface area contributed by atoms with Gasteiger partial charge in [-0.3, -0.25) is 13.8 Å². The van der Waals surface area contributed by atoms with E-state index in [2.05, 4.69) is 50.3 Å². The monoisotopic (exact) mass is 714 g/mol. The van der Waals surface area contributed by atoms with Crippen LogP contribution in [-0.2, 0) is 27.9 Å². The summed E-state index contributed by atoms with van der Waals surface area (Å²) < 4.78 is 33.3. The molecule has 0 heterocycles. The zero-order valence-corrected chi connectivity index (χ0v) is 32.6. The number of hydrogen-bond donors (Lipinski definition) is 2. The topological polar surface area (TPSA) is 117 Å². The zero-order valence-electron chi connectivity index (χ0n) is 31.7. The van der Waals surface area contributed by atoms with Crippen molar-refractivity contribution in [2.24, 2.45) is 5.73 Å². The molecule has 0 rings (SSSR count). The molecule has 49 heavy (non-hydrogen) atoms. The van der Waals surface area contributed by atoms with E-state index in [0.29, 0.717) is 13.0 Å². The molecule has 0 radical (unpaired) electrons. The molecule has 0 saturated heterocycles. The van der Waals surface area contributed by atoms with E-state index in [1.807, 2.05) is 0 Å². The fourth-order valence-electron chi connectivity index (χ4n) is 5.31. The fraction of sp³-hybridized carbons (Fsp3) is 0.825. The molecule has 9 heteroatoms. The number of allylic oxidation sites excluding steroid dienone is 6. The lowest BCUT2D eigenvalue weighted by Crippen LogP contribution is -2.28. The van der Waals surface area contributed by atoms with Crippen LogP contribution < -0.4 is 5.73 Å². The Morgan fingerprint density at radius 1 is 0.612 bits per heavy atom. The van der Waals surface area contributed by atoms with Crippen molar-refractivity contribution in [2.75, 3.05) is 33.0 Å². The third-order valence-corrected chi connectivity index (χ3v) is 9.26. The molecule has 2 atom stereocenters. The second-order valence-electron chi connectivity index (χ2n) is 13.1. The number of unbranched alkanes of at least 4 members (excludes halogenated alkanes) is 19. The molecule has 0 fully saturated rings. The molecular formula is C40H76NO7P. The Kier molecular flexibility index (Phi) is 37.0. The van der Waals surface area contributed by atoms with Crippen molar-refractivity contribution >= 4 is 13.8 Å². The maximum atomic E-state index is 12.5. The average Bonchev–Trinajstić information content (AvgIpc) is 3.09. The summed E-state index contributed by atoms with van der Waals surface area (Å²) in [6, 6.07) is 0. The number of carbonyl (C=O) groups excluding carboxylic acids is 1. The van der Waals surface area contributed by atoms with Crippen molar-refractivity contribution in [3.8, 4) is 0 Å². The van der Waals surface area contributed by atoms with Gasteiger partial charge in [-0.05, 0) is 70.6 Å². The van der Waals surface area contributed by atoms with Crippen molar-refractivity contribution in [3.05, 3.63) is 36.5 Å². The number of ether oxygens (including phenoxy) is 2. The average molecular weight is 714 g/mol. The standard InChI is InChI=1S/C40H76NO7P/c1-3-5-7-9-11-13-15-17-19-21-23-25-27-29-31-33-40(42)48-39(38-47-49(43,44)46-36-34-41)37-45-35-32-30-28-26-24-22-20-18-16-14-12-10-8-6-4-2/h11,13,16-19,39H,3-10,12,14-15,20-38,41H2,1-2H3,(H,43,44)/b13-11-,18-16-,19-17-. The normalized spacial score (nSPS) is 14.0. The van der Waals surface area contributed by atoms with Crippen molar-refractivity contribution in [2.45, 2.75) is 180 Å². The second-order valence-corrected chi connectivity index (χ2v) is 14.6. The van der Waals surface area contributed by atoms with Gasteiger partial charge < -0.3 is 20.1 Å². The number of phosphoric ester groups is 1. The third kappa shape index (κ3) is 37.8. The summed E-state index contributed by atoms with van der Waals surface area (Å²) in [5, 5.41) is 0. The van der Waals surface area contributed by atoms with Gasteiger partial charge in [0.05, 0.1) is 19.8 Å². The lowest BCUT2D eigenvalue weighted by molar-refractivity contribution is -0.154. The molecular weight excluding hydrogens is 637 g/mol. The van der Waals surface area contributed by atoms with E-state index in [9.17, 15) is 14.3 Å². The van der Waals surface area contributed by atoms with Crippen LogP contribution in [-0.4, -0.2) is 49.9 Å². The van der Waals surface area contributed by atoms with Crippen LogP contribution in [0.25, 0.3) is 0 Å². The highest BCUT2D eigenvalue weighted by molar-refractivity contribution is 7.47. The molecule has 0 aromatic heterocycles. The van der Waals surface area contributed by atoms with E-state index < -0.39 is 13.9 Å². The molecule has 288 valence electrons. The quantitative estimate of drug-likeness (QED) is 0.0281. The smallest absolute Gasteiger partial charge is 0.457 e. The number of nitrogens with two attached hydrogens (primary N) is 1. The summed E-state index contributed by atoms with van der Waals surface area (Å²) in [5.74, 6) is -0.347. The van der Waals surface area contributed by atoms with Gasteiger partial charge in [0.25, 0.3) is 0 Å². The van der Waals surface area contributed by atoms with Gasteiger partial charge in [0, 0.05) is 19.6 Å². The minimum absolute atomic E-state index is 0.0965. The van der Waals surface area contributed by atoms with Gasteiger partial charge in [-0.2, -0.15) is 0 Å². The second kappa shape index (κ2) is 38.0. The highest BCUT2D eigenvalue weighted by Gasteiger charge is 2.25. The van der Waals surface area contributed by atoms with Gasteiger partial charge in [-0.15, -0.1) is 0 Å². The predicted molar refractivity (Wildman–Crippen MR) is 206 cm³/mol. The molecule has 0 aromatic carbocycles. The van der Waals surface area contributed by atoms with Crippen LogP contribution >= 0.6 is 7.82 Å². The first-order valence-corrected chi connectivity index (χ1v) is 21.5. The Morgan fingerprint density at radius 2 is 1.08 bits per heavy atom.